The number of aromatic hydroxyl groups is 1. The summed E-state index contributed by atoms with van der Waals surface area (Å²) in [5, 5.41) is 10.8. The van der Waals surface area contributed by atoms with Crippen LogP contribution in [0.5, 0.6) is 5.88 Å². The van der Waals surface area contributed by atoms with Crippen LogP contribution in [0.2, 0.25) is 5.02 Å². The van der Waals surface area contributed by atoms with Crippen LogP contribution in [0.15, 0.2) is 30.3 Å². The van der Waals surface area contributed by atoms with Gasteiger partial charge in [-0.2, -0.15) is 0 Å². The number of ether oxygens (including phenoxy) is 1. The lowest BCUT2D eigenvalue weighted by Gasteiger charge is -2.02. The molecule has 0 fully saturated rings. The Hall–Kier alpha value is -1.98. The topological polar surface area (TPSA) is 51.5 Å². The van der Waals surface area contributed by atoms with E-state index in [0.717, 1.165) is 16.0 Å². The Morgan fingerprint density at radius 2 is 2.18 bits per heavy atom. The first-order valence-corrected chi connectivity index (χ1v) is 7.96. The molecule has 6 heteroatoms. The van der Waals surface area contributed by atoms with Gasteiger partial charge in [-0.05, 0) is 30.7 Å². The van der Waals surface area contributed by atoms with Crippen LogP contribution in [0.3, 0.4) is 0 Å². The van der Waals surface area contributed by atoms with Crippen LogP contribution < -0.4 is 0 Å². The van der Waals surface area contributed by atoms with Crippen molar-refractivity contribution in [3.63, 3.8) is 0 Å². The average molecular weight is 336 g/mol. The van der Waals surface area contributed by atoms with Crippen molar-refractivity contribution in [2.45, 2.75) is 6.92 Å². The van der Waals surface area contributed by atoms with E-state index in [1.54, 1.807) is 18.5 Å². The number of nitrogens with zero attached hydrogens (tertiary/aromatic N) is 1. The number of thiophene rings is 1. The van der Waals surface area contributed by atoms with Crippen molar-refractivity contribution in [3.8, 4) is 16.3 Å². The fourth-order valence-electron chi connectivity index (χ4n) is 2.36. The molecule has 0 saturated carbocycles. The van der Waals surface area contributed by atoms with Crippen LogP contribution in [0.1, 0.15) is 17.3 Å². The van der Waals surface area contributed by atoms with Gasteiger partial charge in [0.05, 0.1) is 16.8 Å². The number of benzene rings is 1. The zero-order valence-electron chi connectivity index (χ0n) is 12.1. The summed E-state index contributed by atoms with van der Waals surface area (Å²) in [6.45, 7) is 2.00. The SMILES string of the molecule is CCOC(=O)c1c(O)n(C)c2cc(-c3cccc(Cl)c3)sc12. The minimum absolute atomic E-state index is 0.0719. The van der Waals surface area contributed by atoms with Crippen molar-refractivity contribution >= 4 is 39.1 Å². The highest BCUT2D eigenvalue weighted by Gasteiger charge is 2.24. The molecule has 1 N–H and O–H groups in total. The van der Waals surface area contributed by atoms with Crippen LogP contribution in [0.4, 0.5) is 0 Å². The molecule has 4 nitrogen and oxygen atoms in total. The largest absolute Gasteiger partial charge is 0.494 e. The minimum Gasteiger partial charge on any atom is -0.494 e. The van der Waals surface area contributed by atoms with Gasteiger partial charge in [0, 0.05) is 16.9 Å². The van der Waals surface area contributed by atoms with Gasteiger partial charge in [-0.25, -0.2) is 4.79 Å². The van der Waals surface area contributed by atoms with Gasteiger partial charge in [-0.15, -0.1) is 11.3 Å². The Bertz CT molecular complexity index is 866. The summed E-state index contributed by atoms with van der Waals surface area (Å²) in [6, 6.07) is 9.46. The van der Waals surface area contributed by atoms with Crippen LogP contribution in [0, 0.1) is 0 Å². The monoisotopic (exact) mass is 335 g/mol. The number of hydrogen-bond acceptors (Lipinski definition) is 4. The third-order valence-corrected chi connectivity index (χ3v) is 4.86. The van der Waals surface area contributed by atoms with Crippen molar-refractivity contribution in [2.75, 3.05) is 6.61 Å². The molecule has 0 unspecified atom stereocenters. The molecule has 22 heavy (non-hydrogen) atoms. The van der Waals surface area contributed by atoms with E-state index in [0.29, 0.717) is 9.72 Å². The summed E-state index contributed by atoms with van der Waals surface area (Å²) in [4.78, 5) is 13.1. The molecule has 3 aromatic rings. The van der Waals surface area contributed by atoms with Crippen molar-refractivity contribution in [3.05, 3.63) is 40.9 Å². The molecule has 3 rings (SSSR count). The molecular weight excluding hydrogens is 322 g/mol. The first-order chi connectivity index (χ1) is 10.5. The Balaban J connectivity index is 2.18. The van der Waals surface area contributed by atoms with E-state index in [2.05, 4.69) is 0 Å². The standard InChI is InChI=1S/C16H14ClNO3S/c1-3-21-16(20)13-14-11(18(2)15(13)19)8-12(22-14)9-5-4-6-10(17)7-9/h4-8,19H,3H2,1-2H3. The van der Waals surface area contributed by atoms with Gasteiger partial charge >= 0.3 is 5.97 Å². The number of halogens is 1. The summed E-state index contributed by atoms with van der Waals surface area (Å²) >= 11 is 7.47. The number of rotatable bonds is 3. The second kappa shape index (κ2) is 5.66. The normalized spacial score (nSPS) is 11.0. The molecule has 114 valence electrons. The Labute approximate surface area is 136 Å². The molecule has 0 atom stereocenters. The lowest BCUT2D eigenvalue weighted by molar-refractivity contribution is 0.0525. The Kier molecular flexibility index (Phi) is 3.85. The highest BCUT2D eigenvalue weighted by molar-refractivity contribution is 7.22. The van der Waals surface area contributed by atoms with E-state index in [4.69, 9.17) is 16.3 Å². The van der Waals surface area contributed by atoms with E-state index >= 15 is 0 Å². The summed E-state index contributed by atoms with van der Waals surface area (Å²) < 4.78 is 7.34. The fraction of sp³-hybridized carbons (Fsp3) is 0.188. The minimum atomic E-state index is -0.509. The number of carbonyl (C=O) groups excluding carboxylic acids is 1. The molecule has 1 aromatic carbocycles. The second-order valence-electron chi connectivity index (χ2n) is 4.81. The molecule has 2 aromatic heterocycles. The first-order valence-electron chi connectivity index (χ1n) is 6.77. The third kappa shape index (κ3) is 2.36. The number of hydrogen-bond donors (Lipinski definition) is 1. The van der Waals surface area contributed by atoms with Gasteiger partial charge < -0.3 is 14.4 Å². The van der Waals surface area contributed by atoms with Crippen molar-refractivity contribution in [1.82, 2.24) is 4.57 Å². The summed E-state index contributed by atoms with van der Waals surface area (Å²) in [7, 11) is 1.72. The van der Waals surface area contributed by atoms with Crippen molar-refractivity contribution < 1.29 is 14.6 Å². The summed E-state index contributed by atoms with van der Waals surface area (Å²) in [5.74, 6) is -0.581. The number of fused-ring (bicyclic) bond motifs is 1. The first kappa shape index (κ1) is 14.9. The molecule has 0 aliphatic heterocycles. The highest BCUT2D eigenvalue weighted by atomic mass is 35.5. The number of carbonyl (C=O) groups is 1. The van der Waals surface area contributed by atoms with Crippen LogP contribution >= 0.6 is 22.9 Å². The van der Waals surface area contributed by atoms with Crippen LogP contribution in [0.25, 0.3) is 20.7 Å². The maximum absolute atomic E-state index is 12.1. The van der Waals surface area contributed by atoms with Crippen molar-refractivity contribution in [2.24, 2.45) is 7.05 Å². The fourth-order valence-corrected chi connectivity index (χ4v) is 3.77. The number of esters is 1. The Morgan fingerprint density at radius 1 is 1.41 bits per heavy atom. The second-order valence-corrected chi connectivity index (χ2v) is 6.30. The van der Waals surface area contributed by atoms with Gasteiger partial charge in [-0.3, -0.25) is 0 Å². The van der Waals surface area contributed by atoms with Crippen molar-refractivity contribution in [1.29, 1.82) is 0 Å². The van der Waals surface area contributed by atoms with Gasteiger partial charge in [0.2, 0.25) is 5.88 Å². The molecule has 0 aliphatic carbocycles. The molecule has 0 radical (unpaired) electrons. The maximum Gasteiger partial charge on any atom is 0.345 e. The van der Waals surface area contributed by atoms with Gasteiger partial charge in [0.25, 0.3) is 0 Å². The molecule has 0 bridgehead atoms. The highest BCUT2D eigenvalue weighted by Crippen LogP contribution is 2.41. The summed E-state index contributed by atoms with van der Waals surface area (Å²) in [5.41, 5.74) is 1.99. The third-order valence-electron chi connectivity index (χ3n) is 3.43. The van der Waals surface area contributed by atoms with Gasteiger partial charge in [0.15, 0.2) is 0 Å². The zero-order chi connectivity index (χ0) is 15.9. The van der Waals surface area contributed by atoms with E-state index in [-0.39, 0.29) is 18.1 Å². The van der Waals surface area contributed by atoms with Gasteiger partial charge in [-0.1, -0.05) is 23.7 Å². The summed E-state index contributed by atoms with van der Waals surface area (Å²) in [6.07, 6.45) is 0. The van der Waals surface area contributed by atoms with E-state index in [9.17, 15) is 9.90 Å². The predicted octanol–water partition coefficient (Wildman–Crippen LogP) is 4.44. The molecule has 0 amide bonds. The quantitative estimate of drug-likeness (QED) is 0.720. The lowest BCUT2D eigenvalue weighted by Crippen LogP contribution is -2.04. The molecule has 0 aliphatic rings. The zero-order valence-corrected chi connectivity index (χ0v) is 13.7. The smallest absolute Gasteiger partial charge is 0.345 e. The molecule has 2 heterocycles. The van der Waals surface area contributed by atoms with E-state index < -0.39 is 5.97 Å². The van der Waals surface area contributed by atoms with Crippen LogP contribution in [-0.4, -0.2) is 22.2 Å². The van der Waals surface area contributed by atoms with Gasteiger partial charge in [0.1, 0.15) is 5.56 Å². The molecule has 0 spiro atoms. The lowest BCUT2D eigenvalue weighted by atomic mass is 10.2. The molecular formula is C16H14ClNO3S. The van der Waals surface area contributed by atoms with E-state index in [1.165, 1.54) is 11.3 Å². The van der Waals surface area contributed by atoms with E-state index in [1.807, 2.05) is 30.3 Å². The number of aromatic nitrogens is 1. The Morgan fingerprint density at radius 3 is 2.86 bits per heavy atom. The van der Waals surface area contributed by atoms with Crippen LogP contribution in [-0.2, 0) is 11.8 Å². The number of aryl methyl sites for hydroxylation is 1. The average Bonchev–Trinajstić information content (AvgIpc) is 3.00. The molecule has 0 saturated heterocycles. The predicted molar refractivity (Wildman–Crippen MR) is 88.9 cm³/mol. The maximum atomic E-state index is 12.1.